The van der Waals surface area contributed by atoms with Gasteiger partial charge in [-0.05, 0) is 64.8 Å². The average Bonchev–Trinajstić information content (AvgIpc) is 2.43. The second kappa shape index (κ2) is 7.03. The lowest BCUT2D eigenvalue weighted by Gasteiger charge is -2.19. The molecule has 0 amide bonds. The Morgan fingerprint density at radius 1 is 1.25 bits per heavy atom. The molecule has 0 saturated heterocycles. The molecule has 0 radical (unpaired) electrons. The second-order valence-electron chi connectivity index (χ2n) is 4.42. The van der Waals surface area contributed by atoms with Gasteiger partial charge in [0.25, 0.3) is 0 Å². The Bertz CT molecular complexity index is 619. The molecule has 1 N–H and O–H groups in total. The predicted octanol–water partition coefficient (Wildman–Crippen LogP) is 5.51. The monoisotopic (exact) mass is 419 g/mol. The van der Waals surface area contributed by atoms with Crippen LogP contribution in [0.1, 0.15) is 17.2 Å². The summed E-state index contributed by atoms with van der Waals surface area (Å²) in [5, 5.41) is 3.85. The molecule has 106 valence electrons. The molecular weight excluding hydrogens is 408 g/mol. The van der Waals surface area contributed by atoms with Gasteiger partial charge in [0.2, 0.25) is 0 Å². The van der Waals surface area contributed by atoms with E-state index in [1.807, 2.05) is 25.2 Å². The first-order chi connectivity index (χ1) is 9.52. The van der Waals surface area contributed by atoms with Crippen LogP contribution in [0.2, 0.25) is 5.02 Å². The molecule has 2 aromatic carbocycles. The van der Waals surface area contributed by atoms with Gasteiger partial charge in [-0.25, -0.2) is 4.39 Å². The molecule has 0 fully saturated rings. The number of benzene rings is 2. The first kappa shape index (κ1) is 16.0. The van der Waals surface area contributed by atoms with Gasteiger partial charge < -0.3 is 5.32 Å². The zero-order chi connectivity index (χ0) is 14.7. The summed E-state index contributed by atoms with van der Waals surface area (Å²) in [7, 11) is 1.85. The summed E-state index contributed by atoms with van der Waals surface area (Å²) < 4.78 is 15.6. The average molecular weight is 422 g/mol. The van der Waals surface area contributed by atoms with Crippen LogP contribution in [0.4, 0.5) is 4.39 Å². The van der Waals surface area contributed by atoms with Crippen molar-refractivity contribution in [2.75, 3.05) is 7.05 Å². The molecular formula is C15H13Br2ClFN. The van der Waals surface area contributed by atoms with E-state index in [2.05, 4.69) is 37.2 Å². The van der Waals surface area contributed by atoms with E-state index >= 15 is 0 Å². The van der Waals surface area contributed by atoms with Crippen molar-refractivity contribution in [1.82, 2.24) is 5.32 Å². The number of nitrogens with one attached hydrogen (secondary N) is 1. The highest BCUT2D eigenvalue weighted by Crippen LogP contribution is 2.32. The molecule has 1 atom stereocenters. The summed E-state index contributed by atoms with van der Waals surface area (Å²) in [4.78, 5) is 0. The number of rotatable bonds is 4. The Morgan fingerprint density at radius 3 is 2.70 bits per heavy atom. The smallest absolute Gasteiger partial charge is 0.126 e. The normalized spacial score (nSPS) is 12.4. The fourth-order valence-corrected chi connectivity index (χ4v) is 3.12. The van der Waals surface area contributed by atoms with Crippen LogP contribution < -0.4 is 5.32 Å². The van der Waals surface area contributed by atoms with Crippen LogP contribution in [0, 0.1) is 5.82 Å². The van der Waals surface area contributed by atoms with E-state index in [1.165, 1.54) is 6.07 Å². The van der Waals surface area contributed by atoms with Crippen molar-refractivity contribution in [3.63, 3.8) is 0 Å². The van der Waals surface area contributed by atoms with Gasteiger partial charge in [0.05, 0.1) is 5.02 Å². The highest BCUT2D eigenvalue weighted by molar-refractivity contribution is 9.10. The minimum absolute atomic E-state index is 0.0520. The Labute approximate surface area is 139 Å². The molecule has 0 aliphatic carbocycles. The van der Waals surface area contributed by atoms with Crippen LogP contribution in [-0.4, -0.2) is 7.05 Å². The highest BCUT2D eigenvalue weighted by atomic mass is 79.9. The molecule has 2 rings (SSSR count). The molecule has 0 aliphatic rings. The lowest BCUT2D eigenvalue weighted by molar-refractivity contribution is 0.554. The van der Waals surface area contributed by atoms with Crippen molar-refractivity contribution in [3.8, 4) is 0 Å². The number of hydrogen-bond acceptors (Lipinski definition) is 1. The summed E-state index contributed by atoms with van der Waals surface area (Å²) in [5.74, 6) is -0.209. The van der Waals surface area contributed by atoms with E-state index in [1.54, 1.807) is 12.1 Å². The molecule has 0 heterocycles. The van der Waals surface area contributed by atoms with Crippen molar-refractivity contribution in [2.24, 2.45) is 0 Å². The van der Waals surface area contributed by atoms with E-state index in [0.717, 1.165) is 14.5 Å². The van der Waals surface area contributed by atoms with Crippen LogP contribution >= 0.6 is 43.5 Å². The van der Waals surface area contributed by atoms with Gasteiger partial charge in [0.15, 0.2) is 0 Å². The third kappa shape index (κ3) is 3.61. The van der Waals surface area contributed by atoms with E-state index in [-0.39, 0.29) is 11.9 Å². The molecule has 0 spiro atoms. The fraction of sp³-hybridized carbons (Fsp3) is 0.200. The van der Waals surface area contributed by atoms with Gasteiger partial charge >= 0.3 is 0 Å². The maximum atomic E-state index is 13.9. The Balaban J connectivity index is 2.34. The largest absolute Gasteiger partial charge is 0.313 e. The molecule has 0 bridgehead atoms. The van der Waals surface area contributed by atoms with Gasteiger partial charge in [-0.3, -0.25) is 0 Å². The first-order valence-electron chi connectivity index (χ1n) is 6.08. The highest BCUT2D eigenvalue weighted by Gasteiger charge is 2.17. The van der Waals surface area contributed by atoms with Crippen LogP contribution in [0.5, 0.6) is 0 Å². The topological polar surface area (TPSA) is 12.0 Å². The lowest BCUT2D eigenvalue weighted by atomic mass is 9.98. The summed E-state index contributed by atoms with van der Waals surface area (Å²) in [5.41, 5.74) is 1.60. The van der Waals surface area contributed by atoms with Crippen molar-refractivity contribution in [2.45, 2.75) is 12.5 Å². The Morgan fingerprint density at radius 2 is 2.00 bits per heavy atom. The van der Waals surface area contributed by atoms with Gasteiger partial charge in [0, 0.05) is 15.0 Å². The first-order valence-corrected chi connectivity index (χ1v) is 8.04. The molecule has 5 heteroatoms. The third-order valence-electron chi connectivity index (χ3n) is 3.14. The summed E-state index contributed by atoms with van der Waals surface area (Å²) in [6.07, 6.45) is 0.526. The van der Waals surface area contributed by atoms with E-state index in [0.29, 0.717) is 17.0 Å². The molecule has 1 unspecified atom stereocenters. The maximum absolute atomic E-state index is 13.9. The van der Waals surface area contributed by atoms with E-state index in [4.69, 9.17) is 11.6 Å². The van der Waals surface area contributed by atoms with Crippen molar-refractivity contribution < 1.29 is 4.39 Å². The van der Waals surface area contributed by atoms with E-state index in [9.17, 15) is 4.39 Å². The zero-order valence-electron chi connectivity index (χ0n) is 10.8. The molecule has 0 saturated carbocycles. The van der Waals surface area contributed by atoms with Crippen LogP contribution in [0.15, 0.2) is 45.3 Å². The summed E-state index contributed by atoms with van der Waals surface area (Å²) in [6.45, 7) is 0. The minimum Gasteiger partial charge on any atom is -0.313 e. The minimum atomic E-state index is -0.209. The number of likely N-dealkylation sites (N-methyl/N-ethyl adjacent to an activating group) is 1. The lowest BCUT2D eigenvalue weighted by Crippen LogP contribution is -2.20. The second-order valence-corrected chi connectivity index (χ2v) is 6.57. The van der Waals surface area contributed by atoms with Gasteiger partial charge in [-0.1, -0.05) is 39.7 Å². The van der Waals surface area contributed by atoms with Crippen LogP contribution in [0.3, 0.4) is 0 Å². The molecule has 20 heavy (non-hydrogen) atoms. The standard InChI is InChI=1S/C15H13Br2ClFN/c1-20-14(11-3-2-4-12(17)15(11)18)8-9-7-10(16)5-6-13(9)19/h2-7,14,20H,8H2,1H3. The molecule has 1 nitrogen and oxygen atoms in total. The molecule has 0 aliphatic heterocycles. The number of hydrogen-bond donors (Lipinski definition) is 1. The zero-order valence-corrected chi connectivity index (χ0v) is 14.7. The van der Waals surface area contributed by atoms with Crippen molar-refractivity contribution in [3.05, 3.63) is 67.3 Å². The van der Waals surface area contributed by atoms with E-state index < -0.39 is 0 Å². The molecule has 2 aromatic rings. The van der Waals surface area contributed by atoms with Gasteiger partial charge in [0.1, 0.15) is 5.82 Å². The van der Waals surface area contributed by atoms with Crippen molar-refractivity contribution >= 4 is 43.5 Å². The number of halogens is 4. The van der Waals surface area contributed by atoms with Gasteiger partial charge in [-0.15, -0.1) is 0 Å². The van der Waals surface area contributed by atoms with Crippen molar-refractivity contribution in [1.29, 1.82) is 0 Å². The molecule has 0 aromatic heterocycles. The van der Waals surface area contributed by atoms with Gasteiger partial charge in [-0.2, -0.15) is 0 Å². The maximum Gasteiger partial charge on any atom is 0.126 e. The Kier molecular flexibility index (Phi) is 5.61. The SMILES string of the molecule is CNC(Cc1cc(Br)ccc1F)c1cccc(Br)c1Cl. The fourth-order valence-electron chi connectivity index (χ4n) is 2.08. The summed E-state index contributed by atoms with van der Waals surface area (Å²) in [6, 6.07) is 10.7. The van der Waals surface area contributed by atoms with Crippen LogP contribution in [-0.2, 0) is 6.42 Å². The predicted molar refractivity (Wildman–Crippen MR) is 88.8 cm³/mol. The summed E-state index contributed by atoms with van der Waals surface area (Å²) >= 11 is 13.1. The van der Waals surface area contributed by atoms with Crippen LogP contribution in [0.25, 0.3) is 0 Å². The Hall–Kier alpha value is -0.420. The quantitative estimate of drug-likeness (QED) is 0.687. The third-order valence-corrected chi connectivity index (χ3v) is 4.94.